The first-order valence-electron chi connectivity index (χ1n) is 8.30. The third-order valence-electron chi connectivity index (χ3n) is 5.11. The number of hydrogen-bond donors (Lipinski definition) is 0. The van der Waals surface area contributed by atoms with Gasteiger partial charge in [0, 0.05) is 48.2 Å². The quantitative estimate of drug-likeness (QED) is 0.723. The molecule has 4 rings (SSSR count). The predicted molar refractivity (Wildman–Crippen MR) is 93.3 cm³/mol. The van der Waals surface area contributed by atoms with Crippen LogP contribution in [0.1, 0.15) is 25.8 Å². The molecule has 3 aromatic rings. The molecule has 0 bridgehead atoms. The molecule has 2 aromatic heterocycles. The Morgan fingerprint density at radius 1 is 1.13 bits per heavy atom. The van der Waals surface area contributed by atoms with Crippen molar-refractivity contribution in [1.29, 1.82) is 0 Å². The molecule has 1 fully saturated rings. The minimum atomic E-state index is 0.526. The maximum Gasteiger partial charge on any atom is 0.140 e. The maximum atomic E-state index is 4.63. The van der Waals surface area contributed by atoms with E-state index in [-0.39, 0.29) is 0 Å². The van der Waals surface area contributed by atoms with E-state index in [2.05, 4.69) is 63.9 Å². The molecular formula is C19H22N4. The van der Waals surface area contributed by atoms with Crippen molar-refractivity contribution in [3.63, 3.8) is 0 Å². The molecule has 0 unspecified atom stereocenters. The van der Waals surface area contributed by atoms with Crippen molar-refractivity contribution in [2.24, 2.45) is 0 Å². The fraction of sp³-hybridized carbons (Fsp3) is 0.368. The van der Waals surface area contributed by atoms with Gasteiger partial charge < -0.3 is 9.47 Å². The number of rotatable bonds is 2. The van der Waals surface area contributed by atoms with Gasteiger partial charge in [0.05, 0.1) is 5.52 Å². The Kier molecular flexibility index (Phi) is 3.62. The molecule has 23 heavy (non-hydrogen) atoms. The molecule has 0 radical (unpaired) electrons. The molecule has 1 aromatic carbocycles. The molecule has 0 N–H and O–H groups in total. The standard InChI is InChI=1S/C19H22N4/c1-14-12-17(7-10-22(14)2)23-11-9-21-19(23)16-6-5-15-4-3-8-20-18(15)13-16/h3-6,8-9,11,13-14,17H,7,10,12H2,1-2H3/t14-,17+/m1/s1. The lowest BCUT2D eigenvalue weighted by molar-refractivity contribution is 0.157. The first-order chi connectivity index (χ1) is 11.2. The van der Waals surface area contributed by atoms with Crippen LogP contribution < -0.4 is 0 Å². The van der Waals surface area contributed by atoms with Crippen LogP contribution in [0.3, 0.4) is 0 Å². The highest BCUT2D eigenvalue weighted by atomic mass is 15.2. The molecule has 4 nitrogen and oxygen atoms in total. The lowest BCUT2D eigenvalue weighted by atomic mass is 9.98. The Balaban J connectivity index is 1.71. The van der Waals surface area contributed by atoms with Crippen LogP contribution in [0.25, 0.3) is 22.3 Å². The van der Waals surface area contributed by atoms with Crippen LogP contribution in [0.2, 0.25) is 0 Å². The molecule has 118 valence electrons. The van der Waals surface area contributed by atoms with E-state index in [1.54, 1.807) is 0 Å². The summed E-state index contributed by atoms with van der Waals surface area (Å²) in [7, 11) is 2.21. The number of likely N-dealkylation sites (tertiary alicyclic amines) is 1. The Morgan fingerprint density at radius 3 is 2.91 bits per heavy atom. The van der Waals surface area contributed by atoms with Crippen molar-refractivity contribution < 1.29 is 0 Å². The Labute approximate surface area is 136 Å². The number of benzene rings is 1. The van der Waals surface area contributed by atoms with Gasteiger partial charge in [0.1, 0.15) is 5.82 Å². The molecule has 1 aliphatic heterocycles. The summed E-state index contributed by atoms with van der Waals surface area (Å²) in [4.78, 5) is 11.5. The third kappa shape index (κ3) is 2.63. The van der Waals surface area contributed by atoms with Gasteiger partial charge in [-0.1, -0.05) is 18.2 Å². The lowest BCUT2D eigenvalue weighted by Crippen LogP contribution is -2.38. The van der Waals surface area contributed by atoms with Gasteiger partial charge in [-0.05, 0) is 38.9 Å². The average molecular weight is 306 g/mol. The number of nitrogens with zero attached hydrogens (tertiary/aromatic N) is 4. The highest BCUT2D eigenvalue weighted by molar-refractivity contribution is 5.82. The third-order valence-corrected chi connectivity index (χ3v) is 5.11. The van der Waals surface area contributed by atoms with Crippen LogP contribution in [0.4, 0.5) is 0 Å². The molecule has 3 heterocycles. The average Bonchev–Trinajstić information content (AvgIpc) is 3.06. The van der Waals surface area contributed by atoms with Crippen LogP contribution in [0.5, 0.6) is 0 Å². The van der Waals surface area contributed by atoms with Gasteiger partial charge in [0.2, 0.25) is 0 Å². The summed E-state index contributed by atoms with van der Waals surface area (Å²) < 4.78 is 2.35. The van der Waals surface area contributed by atoms with Gasteiger partial charge >= 0.3 is 0 Å². The largest absolute Gasteiger partial charge is 0.328 e. The minimum absolute atomic E-state index is 0.526. The van der Waals surface area contributed by atoms with Crippen LogP contribution in [-0.2, 0) is 0 Å². The van der Waals surface area contributed by atoms with Gasteiger partial charge in [-0.3, -0.25) is 4.98 Å². The number of imidazole rings is 1. The topological polar surface area (TPSA) is 34.0 Å². The predicted octanol–water partition coefficient (Wildman–Crippen LogP) is 3.75. The monoisotopic (exact) mass is 306 g/mol. The Bertz CT molecular complexity index is 823. The number of piperidine rings is 1. The molecule has 0 amide bonds. The smallest absolute Gasteiger partial charge is 0.140 e. The fourth-order valence-electron chi connectivity index (χ4n) is 3.55. The van der Waals surface area contributed by atoms with Crippen LogP contribution in [0, 0.1) is 0 Å². The van der Waals surface area contributed by atoms with Crippen molar-refractivity contribution in [2.75, 3.05) is 13.6 Å². The summed E-state index contributed by atoms with van der Waals surface area (Å²) in [6, 6.07) is 11.6. The second-order valence-electron chi connectivity index (χ2n) is 6.58. The molecule has 4 heteroatoms. The van der Waals surface area contributed by atoms with E-state index < -0.39 is 0 Å². The second-order valence-corrected chi connectivity index (χ2v) is 6.58. The summed E-state index contributed by atoms with van der Waals surface area (Å²) in [6.07, 6.45) is 8.24. The van der Waals surface area contributed by atoms with Crippen molar-refractivity contribution >= 4 is 10.9 Å². The van der Waals surface area contributed by atoms with E-state index in [0.717, 1.165) is 23.4 Å². The SMILES string of the molecule is C[C@@H]1C[C@@H](n2ccnc2-c2ccc3cccnc3c2)CCN1C. The lowest BCUT2D eigenvalue weighted by Gasteiger charge is -2.36. The van der Waals surface area contributed by atoms with Gasteiger partial charge in [0.25, 0.3) is 0 Å². The van der Waals surface area contributed by atoms with E-state index >= 15 is 0 Å². The Hall–Kier alpha value is -2.20. The second kappa shape index (κ2) is 5.78. The number of aromatic nitrogens is 3. The molecule has 0 spiro atoms. The molecule has 0 aliphatic carbocycles. The Morgan fingerprint density at radius 2 is 2.04 bits per heavy atom. The number of fused-ring (bicyclic) bond motifs is 1. The highest BCUT2D eigenvalue weighted by Crippen LogP contribution is 2.31. The number of hydrogen-bond acceptors (Lipinski definition) is 3. The molecule has 1 aliphatic rings. The van der Waals surface area contributed by atoms with Crippen molar-refractivity contribution in [2.45, 2.75) is 31.8 Å². The number of pyridine rings is 1. The van der Waals surface area contributed by atoms with E-state index in [9.17, 15) is 0 Å². The summed E-state index contributed by atoms with van der Waals surface area (Å²) >= 11 is 0. The molecule has 1 saturated heterocycles. The molecule has 0 saturated carbocycles. The van der Waals surface area contributed by atoms with Crippen molar-refractivity contribution in [3.05, 3.63) is 48.9 Å². The zero-order chi connectivity index (χ0) is 15.8. The van der Waals surface area contributed by atoms with E-state index in [1.807, 2.05) is 18.5 Å². The normalized spacial score (nSPS) is 22.5. The zero-order valence-electron chi connectivity index (χ0n) is 13.7. The van der Waals surface area contributed by atoms with Gasteiger partial charge in [-0.2, -0.15) is 0 Å². The summed E-state index contributed by atoms with van der Waals surface area (Å²) in [6.45, 7) is 3.45. The molecular weight excluding hydrogens is 284 g/mol. The first kappa shape index (κ1) is 14.4. The van der Waals surface area contributed by atoms with Gasteiger partial charge in [0.15, 0.2) is 0 Å². The molecule has 2 atom stereocenters. The maximum absolute atomic E-state index is 4.63. The van der Waals surface area contributed by atoms with Gasteiger partial charge in [-0.15, -0.1) is 0 Å². The van der Waals surface area contributed by atoms with E-state index in [4.69, 9.17) is 0 Å². The van der Waals surface area contributed by atoms with Crippen LogP contribution >= 0.6 is 0 Å². The van der Waals surface area contributed by atoms with Gasteiger partial charge in [-0.25, -0.2) is 4.98 Å². The summed E-state index contributed by atoms with van der Waals surface area (Å²) in [5.74, 6) is 1.05. The van der Waals surface area contributed by atoms with Crippen molar-refractivity contribution in [3.8, 4) is 11.4 Å². The summed E-state index contributed by atoms with van der Waals surface area (Å²) in [5, 5.41) is 1.17. The van der Waals surface area contributed by atoms with Crippen LogP contribution in [0.15, 0.2) is 48.9 Å². The summed E-state index contributed by atoms with van der Waals surface area (Å²) in [5.41, 5.74) is 2.17. The van der Waals surface area contributed by atoms with Crippen LogP contribution in [-0.4, -0.2) is 39.1 Å². The first-order valence-corrected chi connectivity index (χ1v) is 8.30. The zero-order valence-corrected chi connectivity index (χ0v) is 13.7. The van der Waals surface area contributed by atoms with E-state index in [1.165, 1.54) is 18.2 Å². The van der Waals surface area contributed by atoms with E-state index in [0.29, 0.717) is 12.1 Å². The minimum Gasteiger partial charge on any atom is -0.328 e. The fourth-order valence-corrected chi connectivity index (χ4v) is 3.55. The highest BCUT2D eigenvalue weighted by Gasteiger charge is 2.25. The van der Waals surface area contributed by atoms with Crippen molar-refractivity contribution in [1.82, 2.24) is 19.4 Å².